The van der Waals surface area contributed by atoms with E-state index in [1.807, 2.05) is 39.8 Å². The number of pyridine rings is 1. The van der Waals surface area contributed by atoms with Crippen LogP contribution in [0.1, 0.15) is 27.7 Å². The molecule has 1 aliphatic heterocycles. The van der Waals surface area contributed by atoms with E-state index in [9.17, 15) is 4.79 Å². The van der Waals surface area contributed by atoms with Crippen LogP contribution in [0.3, 0.4) is 0 Å². The van der Waals surface area contributed by atoms with Crippen molar-refractivity contribution in [3.8, 4) is 5.88 Å². The van der Waals surface area contributed by atoms with Gasteiger partial charge in [-0.1, -0.05) is 0 Å². The normalized spacial score (nSPS) is 15.3. The van der Waals surface area contributed by atoms with Crippen molar-refractivity contribution in [3.63, 3.8) is 0 Å². The van der Waals surface area contributed by atoms with Crippen LogP contribution < -0.4 is 10.1 Å². The minimum absolute atomic E-state index is 0.234. The molecule has 1 aromatic heterocycles. The van der Waals surface area contributed by atoms with E-state index in [4.69, 9.17) is 9.47 Å². The van der Waals surface area contributed by atoms with Crippen LogP contribution in [0.15, 0.2) is 18.3 Å². The van der Waals surface area contributed by atoms with E-state index in [2.05, 4.69) is 10.3 Å². The number of amides is 1. The number of nitrogens with one attached hydrogen (secondary N) is 1. The van der Waals surface area contributed by atoms with Crippen molar-refractivity contribution >= 4 is 11.8 Å². The van der Waals surface area contributed by atoms with Gasteiger partial charge in [0.15, 0.2) is 0 Å². The van der Waals surface area contributed by atoms with Crippen molar-refractivity contribution < 1.29 is 14.3 Å². The first-order valence-electron chi connectivity index (χ1n) is 7.20. The molecule has 0 spiro atoms. The van der Waals surface area contributed by atoms with Crippen LogP contribution in [0.25, 0.3) is 0 Å². The Morgan fingerprint density at radius 1 is 1.43 bits per heavy atom. The number of nitrogens with zero attached hydrogens (tertiary/aromatic N) is 2. The number of likely N-dealkylation sites (tertiary alicyclic amines) is 1. The lowest BCUT2D eigenvalue weighted by Crippen LogP contribution is -2.57. The summed E-state index contributed by atoms with van der Waals surface area (Å²) in [5.41, 5.74) is 0.474. The topological polar surface area (TPSA) is 63.7 Å². The largest absolute Gasteiger partial charge is 0.478 e. The summed E-state index contributed by atoms with van der Waals surface area (Å²) in [6.45, 7) is 9.41. The molecule has 116 valence electrons. The first-order valence-corrected chi connectivity index (χ1v) is 7.20. The van der Waals surface area contributed by atoms with Gasteiger partial charge in [0.05, 0.1) is 24.5 Å². The summed E-state index contributed by atoms with van der Waals surface area (Å²) in [5.74, 6) is 0.618. The van der Waals surface area contributed by atoms with Crippen molar-refractivity contribution in [3.05, 3.63) is 18.3 Å². The van der Waals surface area contributed by atoms with E-state index in [0.717, 1.165) is 5.69 Å². The zero-order valence-corrected chi connectivity index (χ0v) is 13.0. The van der Waals surface area contributed by atoms with Crippen LogP contribution in [0.4, 0.5) is 10.5 Å². The minimum atomic E-state index is -0.450. The molecule has 0 unspecified atom stereocenters. The molecule has 1 aliphatic rings. The molecule has 0 saturated carbocycles. The predicted octanol–water partition coefficient (Wildman–Crippen LogP) is 2.51. The van der Waals surface area contributed by atoms with Crippen molar-refractivity contribution in [1.82, 2.24) is 9.88 Å². The lowest BCUT2D eigenvalue weighted by molar-refractivity contribution is 0.0105. The number of carbonyl (C=O) groups excluding carboxylic acids is 1. The van der Waals surface area contributed by atoms with Gasteiger partial charge in [-0.05, 0) is 33.8 Å². The minimum Gasteiger partial charge on any atom is -0.478 e. The molecule has 1 N–H and O–H groups in total. The Kier molecular flexibility index (Phi) is 4.55. The van der Waals surface area contributed by atoms with Crippen molar-refractivity contribution in [1.29, 1.82) is 0 Å². The van der Waals surface area contributed by atoms with E-state index in [-0.39, 0.29) is 12.1 Å². The monoisotopic (exact) mass is 293 g/mol. The fourth-order valence-corrected chi connectivity index (χ4v) is 1.98. The van der Waals surface area contributed by atoms with Crippen molar-refractivity contribution in [2.75, 3.05) is 25.0 Å². The first kappa shape index (κ1) is 15.4. The van der Waals surface area contributed by atoms with Gasteiger partial charge in [-0.15, -0.1) is 0 Å². The van der Waals surface area contributed by atoms with E-state index < -0.39 is 5.60 Å². The molecule has 0 aliphatic carbocycles. The van der Waals surface area contributed by atoms with Crippen LogP contribution >= 0.6 is 0 Å². The summed E-state index contributed by atoms with van der Waals surface area (Å²) in [7, 11) is 0. The highest BCUT2D eigenvalue weighted by atomic mass is 16.6. The molecule has 21 heavy (non-hydrogen) atoms. The quantitative estimate of drug-likeness (QED) is 0.924. The van der Waals surface area contributed by atoms with Gasteiger partial charge < -0.3 is 19.7 Å². The summed E-state index contributed by atoms with van der Waals surface area (Å²) < 4.78 is 10.6. The number of anilines is 1. The molecule has 6 heteroatoms. The summed E-state index contributed by atoms with van der Waals surface area (Å²) in [6, 6.07) is 3.99. The SMILES string of the molecule is CCOc1ccc(NC2CN(C(=O)OC(C)(C)C)C2)cn1. The van der Waals surface area contributed by atoms with Gasteiger partial charge in [-0.2, -0.15) is 0 Å². The van der Waals surface area contributed by atoms with Gasteiger partial charge in [-0.25, -0.2) is 9.78 Å². The molecule has 1 aromatic rings. The Morgan fingerprint density at radius 3 is 2.67 bits per heavy atom. The molecule has 0 aromatic carbocycles. The van der Waals surface area contributed by atoms with Crippen LogP contribution in [-0.2, 0) is 4.74 Å². The van der Waals surface area contributed by atoms with E-state index >= 15 is 0 Å². The summed E-state index contributed by atoms with van der Waals surface area (Å²) in [4.78, 5) is 17.7. The van der Waals surface area contributed by atoms with Gasteiger partial charge >= 0.3 is 6.09 Å². The van der Waals surface area contributed by atoms with Crippen LogP contribution in [-0.4, -0.2) is 47.3 Å². The van der Waals surface area contributed by atoms with Crippen molar-refractivity contribution in [2.45, 2.75) is 39.3 Å². The smallest absolute Gasteiger partial charge is 0.410 e. The van der Waals surface area contributed by atoms with Gasteiger partial charge in [0.1, 0.15) is 5.60 Å². The average Bonchev–Trinajstić information content (AvgIpc) is 2.33. The molecular weight excluding hydrogens is 270 g/mol. The van der Waals surface area contributed by atoms with Crippen LogP contribution in [0.2, 0.25) is 0 Å². The van der Waals surface area contributed by atoms with E-state index in [1.165, 1.54) is 0 Å². The Bertz CT molecular complexity index is 476. The Balaban J connectivity index is 1.76. The third kappa shape index (κ3) is 4.51. The molecule has 0 bridgehead atoms. The standard InChI is InChI=1S/C15H23N3O3/c1-5-20-13-7-6-11(8-16-13)17-12-9-18(10-12)14(19)21-15(2,3)4/h6-8,12,17H,5,9-10H2,1-4H3. The van der Waals surface area contributed by atoms with Crippen LogP contribution in [0.5, 0.6) is 5.88 Å². The molecule has 2 heterocycles. The fraction of sp³-hybridized carbons (Fsp3) is 0.600. The number of rotatable bonds is 4. The zero-order chi connectivity index (χ0) is 15.5. The first-order chi connectivity index (χ1) is 9.87. The third-order valence-corrected chi connectivity index (χ3v) is 2.93. The number of hydrogen-bond donors (Lipinski definition) is 1. The zero-order valence-electron chi connectivity index (χ0n) is 13.0. The number of hydrogen-bond acceptors (Lipinski definition) is 5. The number of aromatic nitrogens is 1. The Morgan fingerprint density at radius 2 is 2.14 bits per heavy atom. The molecule has 1 saturated heterocycles. The van der Waals surface area contributed by atoms with Gasteiger partial charge in [0, 0.05) is 19.2 Å². The predicted molar refractivity (Wildman–Crippen MR) is 80.6 cm³/mol. The lowest BCUT2D eigenvalue weighted by atomic mass is 10.1. The van der Waals surface area contributed by atoms with E-state index in [1.54, 1.807) is 11.1 Å². The summed E-state index contributed by atoms with van der Waals surface area (Å²) in [6.07, 6.45) is 1.48. The fourth-order valence-electron chi connectivity index (χ4n) is 1.98. The van der Waals surface area contributed by atoms with Gasteiger partial charge in [0.2, 0.25) is 5.88 Å². The summed E-state index contributed by atoms with van der Waals surface area (Å²) in [5, 5.41) is 3.33. The van der Waals surface area contributed by atoms with Gasteiger partial charge in [0.25, 0.3) is 0 Å². The molecule has 0 atom stereocenters. The van der Waals surface area contributed by atoms with Gasteiger partial charge in [-0.3, -0.25) is 0 Å². The molecule has 2 rings (SSSR count). The average molecular weight is 293 g/mol. The molecule has 1 fully saturated rings. The lowest BCUT2D eigenvalue weighted by Gasteiger charge is -2.40. The second-order valence-electron chi connectivity index (χ2n) is 6.04. The second-order valence-corrected chi connectivity index (χ2v) is 6.04. The molecule has 0 radical (unpaired) electrons. The maximum atomic E-state index is 11.8. The van der Waals surface area contributed by atoms with E-state index in [0.29, 0.717) is 25.6 Å². The number of ether oxygens (including phenoxy) is 2. The highest BCUT2D eigenvalue weighted by Crippen LogP contribution is 2.19. The summed E-state index contributed by atoms with van der Waals surface area (Å²) >= 11 is 0. The number of carbonyl (C=O) groups is 1. The molecule has 1 amide bonds. The highest BCUT2D eigenvalue weighted by molar-refractivity contribution is 5.69. The highest BCUT2D eigenvalue weighted by Gasteiger charge is 2.33. The van der Waals surface area contributed by atoms with Crippen molar-refractivity contribution in [2.24, 2.45) is 0 Å². The Labute approximate surface area is 125 Å². The third-order valence-electron chi connectivity index (χ3n) is 2.93. The maximum absolute atomic E-state index is 11.8. The molecular formula is C15H23N3O3. The second kappa shape index (κ2) is 6.20. The molecule has 6 nitrogen and oxygen atoms in total. The Hall–Kier alpha value is -1.98. The maximum Gasteiger partial charge on any atom is 0.410 e. The van der Waals surface area contributed by atoms with Crippen LogP contribution in [0, 0.1) is 0 Å².